The SMILES string of the molecule is CCC1[C-]=C(C)C=C1.[Zr]. The van der Waals surface area contributed by atoms with Gasteiger partial charge in [0.2, 0.25) is 0 Å². The molecule has 0 N–H and O–H groups in total. The molecule has 0 spiro atoms. The van der Waals surface area contributed by atoms with Crippen molar-refractivity contribution in [1.82, 2.24) is 0 Å². The zero-order valence-corrected chi connectivity index (χ0v) is 8.40. The van der Waals surface area contributed by atoms with Crippen molar-refractivity contribution in [3.8, 4) is 0 Å². The summed E-state index contributed by atoms with van der Waals surface area (Å²) in [5.74, 6) is 0.606. The minimum Gasteiger partial charge on any atom is -0.266 e. The zero-order chi connectivity index (χ0) is 5.98. The maximum atomic E-state index is 3.31. The summed E-state index contributed by atoms with van der Waals surface area (Å²) in [6.07, 6.45) is 8.83. The first kappa shape index (κ1) is 9.36. The van der Waals surface area contributed by atoms with Crippen molar-refractivity contribution in [1.29, 1.82) is 0 Å². The van der Waals surface area contributed by atoms with E-state index in [-0.39, 0.29) is 26.2 Å². The van der Waals surface area contributed by atoms with Crippen LogP contribution in [0.1, 0.15) is 20.3 Å². The molecule has 0 amide bonds. The molecule has 1 aliphatic rings. The molecule has 0 fully saturated rings. The van der Waals surface area contributed by atoms with Gasteiger partial charge in [-0.05, 0) is 0 Å². The van der Waals surface area contributed by atoms with Crippen LogP contribution >= 0.6 is 0 Å². The van der Waals surface area contributed by atoms with Crippen molar-refractivity contribution in [2.75, 3.05) is 0 Å². The van der Waals surface area contributed by atoms with Crippen molar-refractivity contribution >= 4 is 0 Å². The molecule has 0 aliphatic heterocycles. The summed E-state index contributed by atoms with van der Waals surface area (Å²) in [6, 6.07) is 0. The third kappa shape index (κ3) is 2.62. The summed E-state index contributed by atoms with van der Waals surface area (Å²) in [5, 5.41) is 0. The summed E-state index contributed by atoms with van der Waals surface area (Å²) >= 11 is 0. The Morgan fingerprint density at radius 3 is 2.56 bits per heavy atom. The predicted octanol–water partition coefficient (Wildman–Crippen LogP) is 2.33. The first-order valence-corrected chi connectivity index (χ1v) is 3.11. The second-order valence-electron chi connectivity index (χ2n) is 2.20. The first-order chi connectivity index (χ1) is 3.83. The van der Waals surface area contributed by atoms with E-state index < -0.39 is 0 Å². The molecular formula is C8H11Zr-. The molecule has 0 aromatic heterocycles. The smallest absolute Gasteiger partial charge is 0 e. The van der Waals surface area contributed by atoms with Gasteiger partial charge in [-0.25, -0.2) is 11.6 Å². The average molecular weight is 198 g/mol. The zero-order valence-electron chi connectivity index (χ0n) is 5.94. The Morgan fingerprint density at radius 2 is 2.33 bits per heavy atom. The van der Waals surface area contributed by atoms with Gasteiger partial charge in [0, 0.05) is 26.2 Å². The molecule has 0 aromatic rings. The van der Waals surface area contributed by atoms with Crippen LogP contribution < -0.4 is 0 Å². The molecule has 0 saturated carbocycles. The van der Waals surface area contributed by atoms with Crippen LogP contribution in [0, 0.1) is 12.0 Å². The van der Waals surface area contributed by atoms with Crippen LogP contribution in [0.4, 0.5) is 0 Å². The second-order valence-corrected chi connectivity index (χ2v) is 2.20. The number of rotatable bonds is 1. The Labute approximate surface area is 76.2 Å². The van der Waals surface area contributed by atoms with E-state index in [1.165, 1.54) is 12.0 Å². The Balaban J connectivity index is 0.000000640. The van der Waals surface area contributed by atoms with E-state index in [1.54, 1.807) is 0 Å². The van der Waals surface area contributed by atoms with Gasteiger partial charge >= 0.3 is 0 Å². The molecule has 0 bridgehead atoms. The number of hydrogen-bond donors (Lipinski definition) is 0. The summed E-state index contributed by atoms with van der Waals surface area (Å²) < 4.78 is 0. The minimum atomic E-state index is 0. The van der Waals surface area contributed by atoms with Gasteiger partial charge in [-0.15, -0.1) is 0 Å². The molecule has 0 aromatic carbocycles. The molecule has 1 rings (SSSR count). The van der Waals surface area contributed by atoms with Crippen LogP contribution in [-0.4, -0.2) is 0 Å². The van der Waals surface area contributed by atoms with Gasteiger partial charge in [0.15, 0.2) is 0 Å². The molecule has 48 valence electrons. The van der Waals surface area contributed by atoms with Crippen molar-refractivity contribution in [3.63, 3.8) is 0 Å². The van der Waals surface area contributed by atoms with E-state index in [1.807, 2.05) is 0 Å². The molecule has 0 heterocycles. The van der Waals surface area contributed by atoms with Crippen LogP contribution in [0.15, 0.2) is 17.7 Å². The first-order valence-electron chi connectivity index (χ1n) is 3.11. The van der Waals surface area contributed by atoms with Gasteiger partial charge < -0.3 is 0 Å². The summed E-state index contributed by atoms with van der Waals surface area (Å²) in [4.78, 5) is 0. The number of hydrogen-bond acceptors (Lipinski definition) is 0. The maximum absolute atomic E-state index is 3.31. The molecular weight excluding hydrogens is 187 g/mol. The Hall–Kier alpha value is 0.363. The van der Waals surface area contributed by atoms with Gasteiger partial charge in [-0.2, -0.15) is 6.08 Å². The van der Waals surface area contributed by atoms with E-state index in [0.29, 0.717) is 5.92 Å². The summed E-state index contributed by atoms with van der Waals surface area (Å²) in [7, 11) is 0. The maximum Gasteiger partial charge on any atom is 0 e. The fourth-order valence-corrected chi connectivity index (χ4v) is 0.887. The van der Waals surface area contributed by atoms with Gasteiger partial charge in [0.25, 0.3) is 0 Å². The van der Waals surface area contributed by atoms with E-state index in [0.717, 1.165) is 0 Å². The molecule has 1 heteroatoms. The molecule has 0 radical (unpaired) electrons. The fraction of sp³-hybridized carbons (Fsp3) is 0.500. The fourth-order valence-electron chi connectivity index (χ4n) is 0.887. The van der Waals surface area contributed by atoms with E-state index in [9.17, 15) is 0 Å². The Kier molecular flexibility index (Phi) is 4.39. The molecule has 1 unspecified atom stereocenters. The van der Waals surface area contributed by atoms with E-state index in [2.05, 4.69) is 32.1 Å². The van der Waals surface area contributed by atoms with Crippen molar-refractivity contribution in [2.24, 2.45) is 5.92 Å². The van der Waals surface area contributed by atoms with Crippen molar-refractivity contribution in [2.45, 2.75) is 20.3 Å². The van der Waals surface area contributed by atoms with Gasteiger partial charge in [0.1, 0.15) is 0 Å². The summed E-state index contributed by atoms with van der Waals surface area (Å²) in [5.41, 5.74) is 1.29. The molecule has 0 nitrogen and oxygen atoms in total. The van der Waals surface area contributed by atoms with Crippen molar-refractivity contribution < 1.29 is 26.2 Å². The average Bonchev–Trinajstić information content (AvgIpc) is 2.14. The van der Waals surface area contributed by atoms with Gasteiger partial charge in [0.05, 0.1) is 0 Å². The third-order valence-electron chi connectivity index (χ3n) is 1.43. The van der Waals surface area contributed by atoms with Crippen LogP contribution in [0.5, 0.6) is 0 Å². The monoisotopic (exact) mass is 197 g/mol. The third-order valence-corrected chi connectivity index (χ3v) is 1.43. The Bertz CT molecular complexity index is 134. The van der Waals surface area contributed by atoms with Crippen LogP contribution in [0.2, 0.25) is 0 Å². The predicted molar refractivity (Wildman–Crippen MR) is 35.4 cm³/mol. The summed E-state index contributed by atoms with van der Waals surface area (Å²) in [6.45, 7) is 4.27. The molecule has 1 atom stereocenters. The topological polar surface area (TPSA) is 0 Å². The molecule has 0 saturated heterocycles. The van der Waals surface area contributed by atoms with Crippen LogP contribution in [-0.2, 0) is 26.2 Å². The van der Waals surface area contributed by atoms with Crippen LogP contribution in [0.3, 0.4) is 0 Å². The molecule has 1 aliphatic carbocycles. The van der Waals surface area contributed by atoms with E-state index >= 15 is 0 Å². The van der Waals surface area contributed by atoms with Crippen LogP contribution in [0.25, 0.3) is 0 Å². The normalized spacial score (nSPS) is 23.3. The largest absolute Gasteiger partial charge is 0.266 e. The van der Waals surface area contributed by atoms with E-state index in [4.69, 9.17) is 0 Å². The van der Waals surface area contributed by atoms with Gasteiger partial charge in [-0.3, -0.25) is 6.08 Å². The van der Waals surface area contributed by atoms with Crippen molar-refractivity contribution in [3.05, 3.63) is 23.8 Å². The standard InChI is InChI=1S/C8H11.Zr/c1-3-8-5-4-7(2)6-8;/h4-5,8H,3H2,1-2H3;/q-1;. The minimum absolute atomic E-state index is 0. The molecule has 9 heavy (non-hydrogen) atoms. The quantitative estimate of drug-likeness (QED) is 0.567. The Morgan fingerprint density at radius 1 is 1.67 bits per heavy atom. The number of allylic oxidation sites excluding steroid dienone is 4. The second kappa shape index (κ2) is 4.22. The van der Waals surface area contributed by atoms with Gasteiger partial charge in [-0.1, -0.05) is 26.2 Å².